The molecule has 0 aliphatic heterocycles. The zero-order valence-corrected chi connectivity index (χ0v) is 15.2. The first-order valence-electron chi connectivity index (χ1n) is 8.34. The van der Waals surface area contributed by atoms with Crippen molar-refractivity contribution in [2.75, 3.05) is 11.9 Å². The van der Waals surface area contributed by atoms with Crippen LogP contribution >= 0.6 is 11.6 Å². The topological polar surface area (TPSA) is 123 Å². The predicted molar refractivity (Wildman–Crippen MR) is 97.0 cm³/mol. The summed E-state index contributed by atoms with van der Waals surface area (Å²) in [6, 6.07) is 5.29. The second kappa shape index (κ2) is 8.22. The van der Waals surface area contributed by atoms with Gasteiger partial charge in [-0.2, -0.15) is 0 Å². The maximum atomic E-state index is 13.7. The maximum absolute atomic E-state index is 13.7. The minimum atomic E-state index is -1.10. The Morgan fingerprint density at radius 2 is 1.96 bits per heavy atom. The second-order valence-corrected chi connectivity index (χ2v) is 6.68. The fourth-order valence-electron chi connectivity index (χ4n) is 2.98. The summed E-state index contributed by atoms with van der Waals surface area (Å²) in [5.41, 5.74) is 0.108. The van der Waals surface area contributed by atoms with E-state index in [1.165, 1.54) is 18.2 Å². The van der Waals surface area contributed by atoms with Crippen LogP contribution in [0.15, 0.2) is 34.5 Å². The molecule has 1 aromatic carbocycles. The summed E-state index contributed by atoms with van der Waals surface area (Å²) in [5, 5.41) is 40.3. The summed E-state index contributed by atoms with van der Waals surface area (Å²) in [4.78, 5) is 8.26. The number of aromatic nitrogens is 2. The molecule has 10 heteroatoms. The van der Waals surface area contributed by atoms with Gasteiger partial charge in [0, 0.05) is 12.5 Å². The average molecular weight is 396 g/mol. The van der Waals surface area contributed by atoms with Crippen molar-refractivity contribution in [1.29, 1.82) is 0 Å². The van der Waals surface area contributed by atoms with Crippen molar-refractivity contribution in [3.8, 4) is 0 Å². The average Bonchev–Trinajstić information content (AvgIpc) is 2.90. The number of aliphatic hydroxyl groups is 3. The molecule has 1 aromatic heterocycles. The molecule has 0 amide bonds. The number of benzene rings is 1. The minimum Gasteiger partial charge on any atom is -0.396 e. The molecule has 1 saturated carbocycles. The van der Waals surface area contributed by atoms with Gasteiger partial charge in [0.05, 0.1) is 12.1 Å². The third-order valence-electron chi connectivity index (χ3n) is 4.42. The molecule has 1 aliphatic rings. The van der Waals surface area contributed by atoms with Crippen LogP contribution in [0.25, 0.3) is 0 Å². The van der Waals surface area contributed by atoms with Crippen LogP contribution < -0.4 is 5.32 Å². The van der Waals surface area contributed by atoms with E-state index >= 15 is 0 Å². The van der Waals surface area contributed by atoms with Crippen LogP contribution in [-0.2, 0) is 0 Å². The molecule has 1 aliphatic carbocycles. The summed E-state index contributed by atoms with van der Waals surface area (Å²) in [6.45, 7) is 1.38. The Hall–Kier alpha value is -2.20. The van der Waals surface area contributed by atoms with Crippen molar-refractivity contribution in [2.24, 2.45) is 16.1 Å². The van der Waals surface area contributed by atoms with Crippen LogP contribution in [0.1, 0.15) is 12.2 Å². The number of aliphatic hydroxyl groups excluding tert-OH is 3. The number of halogens is 2. The van der Waals surface area contributed by atoms with Gasteiger partial charge in [-0.15, -0.1) is 10.2 Å². The van der Waals surface area contributed by atoms with Crippen LogP contribution in [-0.4, -0.2) is 50.1 Å². The molecule has 0 radical (unpaired) electrons. The zero-order chi connectivity index (χ0) is 19.6. The van der Waals surface area contributed by atoms with Crippen molar-refractivity contribution in [3.63, 3.8) is 0 Å². The van der Waals surface area contributed by atoms with Crippen LogP contribution in [0, 0.1) is 18.7 Å². The summed E-state index contributed by atoms with van der Waals surface area (Å²) < 4.78 is 13.7. The third-order valence-corrected chi connectivity index (χ3v) is 4.69. The Morgan fingerprint density at radius 1 is 1.22 bits per heavy atom. The molecule has 2 aromatic rings. The highest BCUT2D eigenvalue weighted by Gasteiger charge is 2.41. The molecular weight excluding hydrogens is 377 g/mol. The van der Waals surface area contributed by atoms with Gasteiger partial charge in [-0.05, 0) is 25.5 Å². The van der Waals surface area contributed by atoms with Crippen LogP contribution in [0.2, 0.25) is 5.15 Å². The fraction of sp³-hybridized carbons (Fsp3) is 0.412. The smallest absolute Gasteiger partial charge is 0.165 e. The van der Waals surface area contributed by atoms with E-state index < -0.39 is 30.0 Å². The minimum absolute atomic E-state index is 0.0110. The van der Waals surface area contributed by atoms with Crippen LogP contribution in [0.5, 0.6) is 0 Å². The molecule has 144 valence electrons. The van der Waals surface area contributed by atoms with Crippen molar-refractivity contribution < 1.29 is 19.7 Å². The van der Waals surface area contributed by atoms with E-state index in [0.717, 1.165) is 0 Å². The lowest BCUT2D eigenvalue weighted by Crippen LogP contribution is -2.35. The number of nitrogens with zero attached hydrogens (tertiary/aromatic N) is 4. The Labute approximate surface area is 159 Å². The van der Waals surface area contributed by atoms with Gasteiger partial charge in [-0.3, -0.25) is 0 Å². The van der Waals surface area contributed by atoms with E-state index in [1.54, 1.807) is 13.0 Å². The standard InChI is InChI=1S/C17H19ClFN5O3/c1-8-20-16(18)13(24-23-11-5-3-2-4-10(11)19)17(21-8)22-12-6-9(7-25)14(26)15(12)27/h2-5,9,12,14-15,25-27H,6-7H2,1H3,(H,20,21,22)/b24-23+/t9-,12-,14-,15+/m1/s1. The fourth-order valence-corrected chi connectivity index (χ4v) is 3.23. The van der Waals surface area contributed by atoms with E-state index in [9.17, 15) is 19.7 Å². The highest BCUT2D eigenvalue weighted by Crippen LogP contribution is 2.35. The maximum Gasteiger partial charge on any atom is 0.165 e. The molecule has 0 spiro atoms. The van der Waals surface area contributed by atoms with E-state index in [2.05, 4.69) is 25.5 Å². The molecule has 1 heterocycles. The van der Waals surface area contributed by atoms with Crippen LogP contribution in [0.3, 0.4) is 0 Å². The molecule has 8 nitrogen and oxygen atoms in total. The largest absolute Gasteiger partial charge is 0.396 e. The molecule has 0 saturated heterocycles. The highest BCUT2D eigenvalue weighted by atomic mass is 35.5. The summed E-state index contributed by atoms with van der Waals surface area (Å²) >= 11 is 6.16. The number of rotatable bonds is 5. The summed E-state index contributed by atoms with van der Waals surface area (Å²) in [6.07, 6.45) is -1.84. The Morgan fingerprint density at radius 3 is 2.63 bits per heavy atom. The molecule has 4 atom stereocenters. The first-order chi connectivity index (χ1) is 12.9. The Kier molecular flexibility index (Phi) is 5.95. The van der Waals surface area contributed by atoms with Gasteiger partial charge in [0.15, 0.2) is 22.5 Å². The molecule has 27 heavy (non-hydrogen) atoms. The Balaban J connectivity index is 1.91. The van der Waals surface area contributed by atoms with Crippen LogP contribution in [0.4, 0.5) is 21.6 Å². The van der Waals surface area contributed by atoms with E-state index in [4.69, 9.17) is 11.6 Å². The number of azo groups is 1. The third kappa shape index (κ3) is 4.22. The lowest BCUT2D eigenvalue weighted by Gasteiger charge is -2.19. The quantitative estimate of drug-likeness (QED) is 0.455. The molecule has 1 fully saturated rings. The van der Waals surface area contributed by atoms with Crippen molar-refractivity contribution >= 4 is 28.8 Å². The SMILES string of the molecule is Cc1nc(Cl)c(/N=N/c2ccccc2F)c(N[C@@H]2C[C@H](CO)[C@@H](O)[C@H]2O)n1. The number of aryl methyl sites for hydroxylation is 1. The lowest BCUT2D eigenvalue weighted by molar-refractivity contribution is 0.00446. The van der Waals surface area contributed by atoms with Gasteiger partial charge >= 0.3 is 0 Å². The molecule has 0 unspecified atom stereocenters. The van der Waals surface area contributed by atoms with Gasteiger partial charge in [-0.1, -0.05) is 23.7 Å². The first-order valence-corrected chi connectivity index (χ1v) is 8.72. The number of hydrogen-bond acceptors (Lipinski definition) is 8. The van der Waals surface area contributed by atoms with Gasteiger partial charge in [0.1, 0.15) is 17.6 Å². The normalized spacial score (nSPS) is 25.3. The highest BCUT2D eigenvalue weighted by molar-refractivity contribution is 6.32. The molecule has 0 bridgehead atoms. The van der Waals surface area contributed by atoms with Crippen molar-refractivity contribution in [3.05, 3.63) is 41.1 Å². The summed E-state index contributed by atoms with van der Waals surface area (Å²) in [5.74, 6) is -0.444. The molecule has 4 N–H and O–H groups in total. The molecule has 3 rings (SSSR count). The van der Waals surface area contributed by atoms with Gasteiger partial charge in [-0.25, -0.2) is 14.4 Å². The number of hydrogen-bond donors (Lipinski definition) is 4. The van der Waals surface area contributed by atoms with Gasteiger partial charge in [0.2, 0.25) is 0 Å². The lowest BCUT2D eigenvalue weighted by atomic mass is 10.1. The van der Waals surface area contributed by atoms with E-state index in [0.29, 0.717) is 12.2 Å². The van der Waals surface area contributed by atoms with Gasteiger partial charge < -0.3 is 20.6 Å². The van der Waals surface area contributed by atoms with E-state index in [-0.39, 0.29) is 29.0 Å². The van der Waals surface area contributed by atoms with Crippen molar-refractivity contribution in [1.82, 2.24) is 9.97 Å². The number of anilines is 1. The zero-order valence-electron chi connectivity index (χ0n) is 14.4. The van der Waals surface area contributed by atoms with Gasteiger partial charge in [0.25, 0.3) is 0 Å². The predicted octanol–water partition coefficient (Wildman–Crippen LogP) is 2.51. The molecular formula is C17H19ClFN5O3. The summed E-state index contributed by atoms with van der Waals surface area (Å²) in [7, 11) is 0. The van der Waals surface area contributed by atoms with E-state index in [1.807, 2.05) is 0 Å². The first kappa shape index (κ1) is 19.6. The Bertz CT molecular complexity index is 853. The monoisotopic (exact) mass is 395 g/mol. The number of nitrogens with one attached hydrogen (secondary N) is 1. The second-order valence-electron chi connectivity index (χ2n) is 6.32. The van der Waals surface area contributed by atoms with Crippen molar-refractivity contribution in [2.45, 2.75) is 31.6 Å².